The van der Waals surface area contributed by atoms with Gasteiger partial charge in [-0.25, -0.2) is 9.97 Å². The van der Waals surface area contributed by atoms with Crippen LogP contribution >= 0.6 is 0 Å². The predicted molar refractivity (Wildman–Crippen MR) is 137 cm³/mol. The van der Waals surface area contributed by atoms with Crippen LogP contribution in [0, 0.1) is 0 Å². The van der Waals surface area contributed by atoms with Crippen molar-refractivity contribution in [3.05, 3.63) is 117 Å². The summed E-state index contributed by atoms with van der Waals surface area (Å²) < 4.78 is 3.13. The average molecular weight is 457 g/mol. The molecule has 0 amide bonds. The van der Waals surface area contributed by atoms with E-state index in [0.717, 1.165) is 11.3 Å². The summed E-state index contributed by atoms with van der Waals surface area (Å²) >= 11 is 0. The molecule has 4 heterocycles. The van der Waals surface area contributed by atoms with E-state index in [-0.39, 0.29) is 21.9 Å². The molecule has 0 spiro atoms. The monoisotopic (exact) mass is 456 g/mol. The molecule has 4 aromatic rings. The highest BCUT2D eigenvalue weighted by atomic mass is 16.1. The largest absolute Gasteiger partial charge is 0.269 e. The zero-order chi connectivity index (χ0) is 24.9. The summed E-state index contributed by atoms with van der Waals surface area (Å²) in [5.41, 5.74) is 1.53. The molecule has 0 radical (unpaired) electrons. The van der Waals surface area contributed by atoms with Crippen LogP contribution in [0.15, 0.2) is 94.9 Å². The van der Waals surface area contributed by atoms with E-state index in [9.17, 15) is 9.59 Å². The lowest BCUT2D eigenvalue weighted by Gasteiger charge is -2.18. The van der Waals surface area contributed by atoms with Gasteiger partial charge in [-0.2, -0.15) is 0 Å². The van der Waals surface area contributed by atoms with Gasteiger partial charge in [0.1, 0.15) is 11.6 Å². The molecule has 0 fully saturated rings. The molecule has 6 nitrogen and oxygen atoms in total. The fourth-order valence-electron chi connectivity index (χ4n) is 3.33. The van der Waals surface area contributed by atoms with Gasteiger partial charge >= 0.3 is 0 Å². The molecule has 0 bridgehead atoms. The van der Waals surface area contributed by atoms with E-state index in [1.165, 1.54) is 6.07 Å². The Bertz CT molecular complexity index is 1360. The second kappa shape index (κ2) is 10.00. The summed E-state index contributed by atoms with van der Waals surface area (Å²) in [5.74, 6) is 1.33. The van der Waals surface area contributed by atoms with Gasteiger partial charge in [0.05, 0.1) is 0 Å². The number of rotatable bonds is 2. The Kier molecular flexibility index (Phi) is 7.30. The van der Waals surface area contributed by atoms with Crippen molar-refractivity contribution in [3.63, 3.8) is 0 Å². The summed E-state index contributed by atoms with van der Waals surface area (Å²) in [7, 11) is 0. The van der Waals surface area contributed by atoms with Crippen molar-refractivity contribution in [3.8, 4) is 11.6 Å². The predicted octanol–water partition coefficient (Wildman–Crippen LogP) is 5.06. The van der Waals surface area contributed by atoms with Gasteiger partial charge in [-0.1, -0.05) is 65.8 Å². The quantitative estimate of drug-likeness (QED) is 0.423. The van der Waals surface area contributed by atoms with E-state index >= 15 is 0 Å². The highest BCUT2D eigenvalue weighted by Crippen LogP contribution is 2.20. The first kappa shape index (κ1) is 24.8. The maximum absolute atomic E-state index is 12.3. The van der Waals surface area contributed by atoms with Crippen LogP contribution in [0.1, 0.15) is 52.8 Å². The molecule has 0 aliphatic rings. The van der Waals surface area contributed by atoms with Gasteiger partial charge in [0.2, 0.25) is 0 Å². The third kappa shape index (κ3) is 5.95. The smallest absolute Gasteiger partial charge is 0.259 e. The van der Waals surface area contributed by atoms with Crippen molar-refractivity contribution in [2.24, 2.45) is 0 Å². The third-order valence-corrected chi connectivity index (χ3v) is 5.22. The van der Waals surface area contributed by atoms with Gasteiger partial charge in [-0.15, -0.1) is 0 Å². The van der Waals surface area contributed by atoms with Crippen molar-refractivity contribution in [1.29, 1.82) is 0 Å². The third-order valence-electron chi connectivity index (χ3n) is 5.22. The van der Waals surface area contributed by atoms with Gasteiger partial charge in [0.25, 0.3) is 11.1 Å². The summed E-state index contributed by atoms with van der Waals surface area (Å²) in [4.78, 5) is 32.8. The number of hydrogen-bond donors (Lipinski definition) is 0. The molecule has 176 valence electrons. The van der Waals surface area contributed by atoms with Crippen LogP contribution in [0.25, 0.3) is 11.6 Å². The standard InChI is InChI=1S/2C14H16N2O/c1-14(2,3)11-7-6-8-12(15-11)16-10-5-4-9-13(16)17;1-14(2,3)11-7-6-10-16(13(11)17)12-8-4-5-9-15-12/h2*4-10H,1-3H3. The number of pyridine rings is 4. The Labute approximate surface area is 200 Å². The van der Waals surface area contributed by atoms with Crippen LogP contribution in [-0.4, -0.2) is 19.1 Å². The molecular weight excluding hydrogens is 424 g/mol. The molecule has 34 heavy (non-hydrogen) atoms. The van der Waals surface area contributed by atoms with Crippen LogP contribution in [0.5, 0.6) is 0 Å². The molecule has 0 atom stereocenters. The average Bonchev–Trinajstić information content (AvgIpc) is 2.79. The van der Waals surface area contributed by atoms with Crippen LogP contribution in [-0.2, 0) is 10.8 Å². The fourth-order valence-corrected chi connectivity index (χ4v) is 3.33. The van der Waals surface area contributed by atoms with Crippen LogP contribution in [0.3, 0.4) is 0 Å². The minimum atomic E-state index is -0.158. The highest BCUT2D eigenvalue weighted by Gasteiger charge is 2.19. The lowest BCUT2D eigenvalue weighted by atomic mass is 9.88. The Morgan fingerprint density at radius 3 is 1.94 bits per heavy atom. The molecule has 6 heteroatoms. The molecule has 0 unspecified atom stereocenters. The van der Waals surface area contributed by atoms with Crippen molar-refractivity contribution in [2.75, 3.05) is 0 Å². The van der Waals surface area contributed by atoms with E-state index in [4.69, 9.17) is 0 Å². The lowest BCUT2D eigenvalue weighted by Crippen LogP contribution is -2.29. The van der Waals surface area contributed by atoms with Gasteiger partial charge in [0, 0.05) is 41.3 Å². The van der Waals surface area contributed by atoms with Crippen molar-refractivity contribution in [2.45, 2.75) is 52.4 Å². The van der Waals surface area contributed by atoms with Crippen LogP contribution in [0.2, 0.25) is 0 Å². The molecule has 0 saturated carbocycles. The second-order valence-electron chi connectivity index (χ2n) is 10.1. The fraction of sp³-hybridized carbons (Fsp3) is 0.286. The topological polar surface area (TPSA) is 69.8 Å². The molecule has 0 aromatic carbocycles. The van der Waals surface area contributed by atoms with Gasteiger partial charge in [-0.3, -0.25) is 18.7 Å². The number of hydrogen-bond acceptors (Lipinski definition) is 4. The van der Waals surface area contributed by atoms with E-state index in [0.29, 0.717) is 11.6 Å². The normalized spacial score (nSPS) is 11.5. The minimum Gasteiger partial charge on any atom is -0.269 e. The lowest BCUT2D eigenvalue weighted by molar-refractivity contribution is 0.567. The van der Waals surface area contributed by atoms with E-state index in [1.54, 1.807) is 33.8 Å². The maximum atomic E-state index is 12.3. The summed E-state index contributed by atoms with van der Waals surface area (Å²) in [6.07, 6.45) is 5.17. The summed E-state index contributed by atoms with van der Waals surface area (Å²) in [6.45, 7) is 12.4. The van der Waals surface area contributed by atoms with E-state index in [1.807, 2.05) is 75.4 Å². The molecule has 0 N–H and O–H groups in total. The van der Waals surface area contributed by atoms with Gasteiger partial charge < -0.3 is 0 Å². The summed E-state index contributed by atoms with van der Waals surface area (Å²) in [5, 5.41) is 0. The van der Waals surface area contributed by atoms with Crippen molar-refractivity contribution in [1.82, 2.24) is 19.1 Å². The first-order chi connectivity index (χ1) is 16.0. The van der Waals surface area contributed by atoms with E-state index in [2.05, 4.69) is 30.7 Å². The zero-order valence-corrected chi connectivity index (χ0v) is 20.7. The Morgan fingerprint density at radius 2 is 1.32 bits per heavy atom. The van der Waals surface area contributed by atoms with Crippen molar-refractivity contribution >= 4 is 0 Å². The molecule has 0 aliphatic carbocycles. The SMILES string of the molecule is CC(C)(C)c1cccc(-n2ccccc2=O)n1.CC(C)(C)c1cccn(-c2ccccn2)c1=O. The Hall–Kier alpha value is -3.80. The molecule has 4 rings (SSSR count). The van der Waals surface area contributed by atoms with Crippen LogP contribution < -0.4 is 11.1 Å². The first-order valence-corrected chi connectivity index (χ1v) is 11.3. The first-order valence-electron chi connectivity index (χ1n) is 11.3. The Balaban J connectivity index is 0.000000191. The second-order valence-corrected chi connectivity index (χ2v) is 10.1. The highest BCUT2D eigenvalue weighted by molar-refractivity contribution is 5.29. The zero-order valence-electron chi connectivity index (χ0n) is 20.7. The van der Waals surface area contributed by atoms with Crippen LogP contribution in [0.4, 0.5) is 0 Å². The molecule has 0 aliphatic heterocycles. The minimum absolute atomic E-state index is 0.00120. The van der Waals surface area contributed by atoms with Gasteiger partial charge in [0.15, 0.2) is 0 Å². The summed E-state index contributed by atoms with van der Waals surface area (Å²) in [6, 6.07) is 20.1. The molecule has 4 aromatic heterocycles. The van der Waals surface area contributed by atoms with Crippen molar-refractivity contribution < 1.29 is 0 Å². The van der Waals surface area contributed by atoms with E-state index < -0.39 is 0 Å². The molecular formula is C28H32N4O2. The maximum Gasteiger partial charge on any atom is 0.259 e. The van der Waals surface area contributed by atoms with Gasteiger partial charge in [-0.05, 0) is 41.8 Å². The number of aromatic nitrogens is 4. The Morgan fingerprint density at radius 1 is 0.647 bits per heavy atom. The number of nitrogens with zero attached hydrogens (tertiary/aromatic N) is 4. The molecule has 0 saturated heterocycles.